The molecule has 2 aliphatic carbocycles. The summed E-state index contributed by atoms with van der Waals surface area (Å²) in [4.78, 5) is 3.38. The van der Waals surface area contributed by atoms with Crippen molar-refractivity contribution in [2.45, 2.75) is 19.3 Å². The van der Waals surface area contributed by atoms with Gasteiger partial charge >= 0.3 is 0 Å². The number of aromatic amines is 1. The van der Waals surface area contributed by atoms with Crippen LogP contribution in [0.25, 0.3) is 99.1 Å². The van der Waals surface area contributed by atoms with Crippen LogP contribution < -0.4 is 5.32 Å². The zero-order chi connectivity index (χ0) is 53.2. The lowest BCUT2D eigenvalue weighted by Crippen LogP contribution is -2.27. The Balaban J connectivity index is 0.000000377. The maximum Gasteiger partial charge on any atom is 0.0688 e. The highest BCUT2D eigenvalue weighted by Crippen LogP contribution is 2.63. The quantitative estimate of drug-likeness (QED) is 0.116. The molecule has 13 aromatic rings. The molecule has 3 aromatic heterocycles. The molecule has 0 amide bonds. The fourth-order valence-corrected chi connectivity index (χ4v) is 13.0. The van der Waals surface area contributed by atoms with Crippen LogP contribution in [0.4, 0.5) is 11.4 Å². The standard InChI is InChI=1S/C63H45N3.C12H9N/c1-5-7-9-20-41(3)46-22-10-15-27-58(46)64-43-32-35-49-50-37-34-45(66-61-30-18-13-25-53(61)54-26-14-19-31-62(54)66)40-57(50)63(55(49)38-43)42(4)47(21-8-6-2)48-36-33-44(39-56(48)63)65-59-28-16-11-23-51(59)52-24-12-17-29-60(52)65;1-3-7-11-9(5-1)10-6-2-4-8-12(10)13-11/h2,5,7-40,64H,3H2,1,4H3;1-8,13H/b7-5-,20-9-,21-8-;. The Labute approximate surface area is 459 Å². The van der Waals surface area contributed by atoms with Gasteiger partial charge in [-0.25, -0.2) is 0 Å². The van der Waals surface area contributed by atoms with Gasteiger partial charge in [0.15, 0.2) is 0 Å². The van der Waals surface area contributed by atoms with Crippen molar-refractivity contribution in [2.24, 2.45) is 0 Å². The topological polar surface area (TPSA) is 37.7 Å². The molecule has 0 saturated heterocycles. The molecule has 4 nitrogen and oxygen atoms in total. The molecule has 1 atom stereocenters. The van der Waals surface area contributed by atoms with Gasteiger partial charge in [0.25, 0.3) is 0 Å². The lowest BCUT2D eigenvalue weighted by atomic mass is 9.70. The van der Waals surface area contributed by atoms with Crippen molar-refractivity contribution in [1.82, 2.24) is 14.1 Å². The Morgan fingerprint density at radius 1 is 0.519 bits per heavy atom. The van der Waals surface area contributed by atoms with Gasteiger partial charge in [-0.15, -0.1) is 6.42 Å². The second-order valence-electron chi connectivity index (χ2n) is 20.5. The van der Waals surface area contributed by atoms with E-state index in [1.807, 2.05) is 31.2 Å². The third-order valence-corrected chi connectivity index (χ3v) is 16.4. The molecule has 1 spiro atoms. The number of hydrogen-bond donors (Lipinski definition) is 2. The third kappa shape index (κ3) is 7.39. The number of nitrogens with zero attached hydrogens (tertiary/aromatic N) is 2. The number of anilines is 2. The summed E-state index contributed by atoms with van der Waals surface area (Å²) in [6.45, 7) is 8.79. The van der Waals surface area contributed by atoms with E-state index in [0.717, 1.165) is 39.5 Å². The van der Waals surface area contributed by atoms with Gasteiger partial charge in [0.1, 0.15) is 0 Å². The van der Waals surface area contributed by atoms with Gasteiger partial charge < -0.3 is 19.4 Å². The minimum Gasteiger partial charge on any atom is -0.355 e. The van der Waals surface area contributed by atoms with Crippen LogP contribution in [0.5, 0.6) is 0 Å². The first kappa shape index (κ1) is 47.1. The van der Waals surface area contributed by atoms with Gasteiger partial charge in [0, 0.05) is 71.7 Å². The van der Waals surface area contributed by atoms with Gasteiger partial charge in [-0.3, -0.25) is 0 Å². The van der Waals surface area contributed by atoms with Crippen LogP contribution in [0.15, 0.2) is 273 Å². The zero-order valence-electron chi connectivity index (χ0n) is 44.0. The molecule has 0 bridgehead atoms. The Hall–Kier alpha value is -10.3. The summed E-state index contributed by atoms with van der Waals surface area (Å²) >= 11 is 0. The van der Waals surface area contributed by atoms with E-state index in [4.69, 9.17) is 6.42 Å². The molecule has 15 rings (SSSR count). The highest BCUT2D eigenvalue weighted by atomic mass is 15.0. The molecular formula is C75H54N4. The van der Waals surface area contributed by atoms with E-state index in [2.05, 4.69) is 275 Å². The van der Waals surface area contributed by atoms with Crippen LogP contribution >= 0.6 is 0 Å². The summed E-state index contributed by atoms with van der Waals surface area (Å²) < 4.78 is 4.87. The molecular weight excluding hydrogens is 957 g/mol. The summed E-state index contributed by atoms with van der Waals surface area (Å²) in [5.41, 5.74) is 22.4. The summed E-state index contributed by atoms with van der Waals surface area (Å²) in [6, 6.07) is 81.3. The van der Waals surface area contributed by atoms with E-state index in [9.17, 15) is 0 Å². The number of fused-ring (bicyclic) bond motifs is 16. The predicted octanol–water partition coefficient (Wildman–Crippen LogP) is 19.4. The van der Waals surface area contributed by atoms with Gasteiger partial charge in [-0.2, -0.15) is 0 Å². The molecule has 1 unspecified atom stereocenters. The number of aromatic nitrogens is 3. The largest absolute Gasteiger partial charge is 0.355 e. The van der Waals surface area contributed by atoms with Crippen LogP contribution in [0.1, 0.15) is 41.7 Å². The van der Waals surface area contributed by atoms with Gasteiger partial charge in [-0.05, 0) is 155 Å². The number of nitrogens with one attached hydrogen (secondary N) is 2. The monoisotopic (exact) mass is 1010 g/mol. The van der Waals surface area contributed by atoms with E-state index in [-0.39, 0.29) is 0 Å². The highest BCUT2D eigenvalue weighted by Gasteiger charge is 2.52. The van der Waals surface area contributed by atoms with Gasteiger partial charge in [0.2, 0.25) is 0 Å². The average molecular weight is 1010 g/mol. The van der Waals surface area contributed by atoms with E-state index in [1.165, 1.54) is 104 Å². The molecule has 2 N–H and O–H groups in total. The van der Waals surface area contributed by atoms with Crippen molar-refractivity contribution in [3.8, 4) is 34.8 Å². The number of terminal acetylenes is 1. The predicted molar refractivity (Wildman–Crippen MR) is 336 cm³/mol. The van der Waals surface area contributed by atoms with Crippen molar-refractivity contribution >= 4 is 87.9 Å². The number of hydrogen-bond acceptors (Lipinski definition) is 1. The highest BCUT2D eigenvalue weighted by molar-refractivity contribution is 6.11. The molecule has 3 heterocycles. The Kier molecular flexibility index (Phi) is 11.4. The van der Waals surface area contributed by atoms with Crippen LogP contribution in [-0.4, -0.2) is 14.1 Å². The molecule has 0 radical (unpaired) electrons. The summed E-state index contributed by atoms with van der Waals surface area (Å²) in [5.74, 6) is 2.82. The average Bonchev–Trinajstić information content (AvgIpc) is 3.15. The zero-order valence-corrected chi connectivity index (χ0v) is 44.0. The van der Waals surface area contributed by atoms with E-state index in [0.29, 0.717) is 0 Å². The molecule has 10 aromatic carbocycles. The minimum atomic E-state index is -0.673. The van der Waals surface area contributed by atoms with Crippen LogP contribution in [0, 0.1) is 12.3 Å². The number of benzene rings is 10. The van der Waals surface area contributed by atoms with Crippen LogP contribution in [-0.2, 0) is 5.41 Å². The lowest BCUT2D eigenvalue weighted by Gasteiger charge is -2.32. The summed E-state index contributed by atoms with van der Waals surface area (Å²) in [5, 5.41) is 11.4. The van der Waals surface area contributed by atoms with E-state index < -0.39 is 5.41 Å². The summed E-state index contributed by atoms with van der Waals surface area (Å²) in [7, 11) is 0. The normalized spacial score (nSPS) is 14.6. The number of H-pyrrole nitrogens is 1. The fraction of sp³-hybridized carbons (Fsp3) is 0.0400. The number of allylic oxidation sites excluding steroid dienone is 9. The van der Waals surface area contributed by atoms with Crippen molar-refractivity contribution < 1.29 is 0 Å². The van der Waals surface area contributed by atoms with Crippen molar-refractivity contribution in [3.05, 3.63) is 301 Å². The molecule has 4 heteroatoms. The first-order chi connectivity index (χ1) is 39.0. The smallest absolute Gasteiger partial charge is 0.0688 e. The second kappa shape index (κ2) is 19.0. The third-order valence-electron chi connectivity index (χ3n) is 16.4. The van der Waals surface area contributed by atoms with Crippen molar-refractivity contribution in [1.29, 1.82) is 0 Å². The molecule has 0 saturated carbocycles. The van der Waals surface area contributed by atoms with Gasteiger partial charge in [-0.1, -0.05) is 182 Å². The maximum absolute atomic E-state index is 6.00. The SMILES string of the molecule is C#C/C=C\C1=C(C)C2(c3cc(-n4c5ccccc5c5ccccc54)ccc31)c1cc(Nc3ccccc3C(=C)/C=C\C=C/C)ccc1-c1ccc(-n3c4ccccc4c4ccccc43)cc12.c1ccc2c(c1)[nH]c1ccccc12. The minimum absolute atomic E-state index is 0.673. The number of para-hydroxylation sites is 7. The first-order valence-corrected chi connectivity index (χ1v) is 27.0. The molecule has 0 aliphatic heterocycles. The Bertz CT molecular complexity index is 4660. The van der Waals surface area contributed by atoms with E-state index >= 15 is 0 Å². The second-order valence-corrected chi connectivity index (χ2v) is 20.5. The van der Waals surface area contributed by atoms with Crippen LogP contribution in [0.2, 0.25) is 0 Å². The summed E-state index contributed by atoms with van der Waals surface area (Å²) in [6.07, 6.45) is 18.1. The van der Waals surface area contributed by atoms with Crippen molar-refractivity contribution in [3.63, 3.8) is 0 Å². The molecule has 0 fully saturated rings. The molecule has 2 aliphatic rings. The molecule has 374 valence electrons. The van der Waals surface area contributed by atoms with Crippen LogP contribution in [0.3, 0.4) is 0 Å². The van der Waals surface area contributed by atoms with Gasteiger partial charge in [0.05, 0.1) is 27.5 Å². The van der Waals surface area contributed by atoms with E-state index in [1.54, 1.807) is 0 Å². The number of rotatable bonds is 8. The maximum atomic E-state index is 6.00. The van der Waals surface area contributed by atoms with Crippen molar-refractivity contribution in [2.75, 3.05) is 5.32 Å². The lowest BCUT2D eigenvalue weighted by molar-refractivity contribution is 0.765. The Morgan fingerprint density at radius 3 is 1.52 bits per heavy atom. The molecule has 79 heavy (non-hydrogen) atoms. The fourth-order valence-electron chi connectivity index (χ4n) is 13.0. The first-order valence-electron chi connectivity index (χ1n) is 27.0. The Morgan fingerprint density at radius 2 is 0.975 bits per heavy atom.